The Bertz CT molecular complexity index is 474. The normalized spacial score (nSPS) is 13.6. The van der Waals surface area contributed by atoms with Gasteiger partial charge >= 0.3 is 0 Å². The second-order valence-electron chi connectivity index (χ2n) is 4.87. The number of anilines is 1. The van der Waals surface area contributed by atoms with Crippen molar-refractivity contribution in [1.82, 2.24) is 0 Å². The van der Waals surface area contributed by atoms with Crippen molar-refractivity contribution in [2.24, 2.45) is 0 Å². The Morgan fingerprint density at radius 1 is 1.45 bits per heavy atom. The molecule has 6 heteroatoms. The molecule has 1 amide bonds. The highest BCUT2D eigenvalue weighted by Gasteiger charge is 2.19. The van der Waals surface area contributed by atoms with Crippen LogP contribution in [-0.4, -0.2) is 35.7 Å². The van der Waals surface area contributed by atoms with Gasteiger partial charge in [-0.25, -0.2) is 0 Å². The van der Waals surface area contributed by atoms with Gasteiger partial charge in [0.05, 0.1) is 18.5 Å². The largest absolute Gasteiger partial charge is 0.544 e. The first kappa shape index (κ1) is 16.1. The summed E-state index contributed by atoms with van der Waals surface area (Å²) in [7, 11) is 0. The lowest BCUT2D eigenvalue weighted by Gasteiger charge is -2.17. The SMILES string of the molecule is Cc1cccc(NC(=O)C[C@H]([NH2+]C[C@H](C)O)C(=O)[O-])c1. The third kappa shape index (κ3) is 5.81. The maximum Gasteiger partial charge on any atom is 0.230 e. The Hall–Kier alpha value is -1.92. The zero-order valence-corrected chi connectivity index (χ0v) is 11.6. The van der Waals surface area contributed by atoms with E-state index in [1.165, 1.54) is 5.32 Å². The molecule has 0 heterocycles. The molecule has 0 bridgehead atoms. The highest BCUT2D eigenvalue weighted by molar-refractivity contribution is 5.93. The molecule has 1 rings (SSSR count). The fourth-order valence-corrected chi connectivity index (χ4v) is 1.76. The van der Waals surface area contributed by atoms with E-state index in [1.807, 2.05) is 13.0 Å². The van der Waals surface area contributed by atoms with E-state index in [2.05, 4.69) is 5.32 Å². The van der Waals surface area contributed by atoms with E-state index < -0.39 is 24.0 Å². The van der Waals surface area contributed by atoms with Crippen molar-refractivity contribution in [1.29, 1.82) is 0 Å². The zero-order valence-electron chi connectivity index (χ0n) is 11.6. The number of nitrogens with one attached hydrogen (secondary N) is 1. The quantitative estimate of drug-likeness (QED) is 0.558. The number of rotatable bonds is 7. The van der Waals surface area contributed by atoms with Crippen LogP contribution in [0.5, 0.6) is 0 Å². The summed E-state index contributed by atoms with van der Waals surface area (Å²) in [6, 6.07) is 6.23. The van der Waals surface area contributed by atoms with Crippen molar-refractivity contribution < 1.29 is 25.1 Å². The minimum Gasteiger partial charge on any atom is -0.544 e. The molecule has 0 aliphatic heterocycles. The molecule has 1 aromatic rings. The molecule has 0 unspecified atom stereocenters. The Balaban J connectivity index is 2.55. The first-order valence-corrected chi connectivity index (χ1v) is 6.47. The third-order valence-electron chi connectivity index (χ3n) is 2.77. The lowest BCUT2D eigenvalue weighted by atomic mass is 10.1. The van der Waals surface area contributed by atoms with Gasteiger partial charge in [0.15, 0.2) is 0 Å². The van der Waals surface area contributed by atoms with Gasteiger partial charge in [-0.1, -0.05) is 12.1 Å². The Morgan fingerprint density at radius 2 is 2.15 bits per heavy atom. The number of hydrogen-bond donors (Lipinski definition) is 3. The number of aliphatic hydroxyl groups excluding tert-OH is 1. The average molecular weight is 280 g/mol. The van der Waals surface area contributed by atoms with Crippen LogP contribution in [0.4, 0.5) is 5.69 Å². The molecule has 0 fully saturated rings. The van der Waals surface area contributed by atoms with Gasteiger partial charge in [-0.15, -0.1) is 0 Å². The maximum atomic E-state index is 11.8. The van der Waals surface area contributed by atoms with Crippen molar-refractivity contribution in [3.63, 3.8) is 0 Å². The van der Waals surface area contributed by atoms with E-state index in [1.54, 1.807) is 25.1 Å². The molecule has 0 radical (unpaired) electrons. The van der Waals surface area contributed by atoms with E-state index in [4.69, 9.17) is 5.11 Å². The molecule has 0 saturated heterocycles. The summed E-state index contributed by atoms with van der Waals surface area (Å²) in [5, 5.41) is 24.1. The predicted octanol–water partition coefficient (Wildman–Crippen LogP) is -1.61. The van der Waals surface area contributed by atoms with Gasteiger partial charge in [0, 0.05) is 5.69 Å². The number of carbonyl (C=O) groups excluding carboxylic acids is 2. The third-order valence-corrected chi connectivity index (χ3v) is 2.77. The summed E-state index contributed by atoms with van der Waals surface area (Å²) in [5.41, 5.74) is 1.63. The van der Waals surface area contributed by atoms with E-state index >= 15 is 0 Å². The molecule has 0 aliphatic carbocycles. The van der Waals surface area contributed by atoms with Crippen LogP contribution in [0.3, 0.4) is 0 Å². The van der Waals surface area contributed by atoms with Crippen LogP contribution in [0.25, 0.3) is 0 Å². The van der Waals surface area contributed by atoms with Gasteiger partial charge in [0.2, 0.25) is 5.91 Å². The van der Waals surface area contributed by atoms with Crippen LogP contribution in [0.15, 0.2) is 24.3 Å². The first-order chi connectivity index (χ1) is 9.38. The number of carboxylic acids is 1. The number of benzene rings is 1. The number of aryl methyl sites for hydroxylation is 1. The number of amides is 1. The number of carboxylic acid groups (broad SMARTS) is 1. The zero-order chi connectivity index (χ0) is 15.1. The summed E-state index contributed by atoms with van der Waals surface area (Å²) >= 11 is 0. The van der Waals surface area contributed by atoms with Crippen molar-refractivity contribution >= 4 is 17.6 Å². The molecule has 1 aromatic carbocycles. The van der Waals surface area contributed by atoms with E-state index in [0.717, 1.165) is 5.56 Å². The topological polar surface area (TPSA) is 106 Å². The minimum atomic E-state index is -1.31. The second kappa shape index (κ2) is 7.62. The lowest BCUT2D eigenvalue weighted by Crippen LogP contribution is -2.94. The molecule has 110 valence electrons. The fraction of sp³-hybridized carbons (Fsp3) is 0.429. The molecule has 20 heavy (non-hydrogen) atoms. The smallest absolute Gasteiger partial charge is 0.230 e. The maximum absolute atomic E-state index is 11.8. The number of carbonyl (C=O) groups is 2. The summed E-state index contributed by atoms with van der Waals surface area (Å²) in [6.07, 6.45) is -0.847. The number of quaternary nitrogens is 1. The number of nitrogens with two attached hydrogens (primary N) is 1. The van der Waals surface area contributed by atoms with Gasteiger partial charge < -0.3 is 25.6 Å². The summed E-state index contributed by atoms with van der Waals surface area (Å²) in [4.78, 5) is 22.7. The van der Waals surface area contributed by atoms with Gasteiger partial charge in [-0.05, 0) is 31.5 Å². The number of aliphatic carboxylic acids is 1. The molecule has 0 spiro atoms. The van der Waals surface area contributed by atoms with Crippen LogP contribution < -0.4 is 15.7 Å². The van der Waals surface area contributed by atoms with E-state index in [0.29, 0.717) is 5.69 Å². The van der Waals surface area contributed by atoms with Crippen molar-refractivity contribution in [2.45, 2.75) is 32.4 Å². The van der Waals surface area contributed by atoms with Crippen LogP contribution >= 0.6 is 0 Å². The average Bonchev–Trinajstić information content (AvgIpc) is 2.33. The van der Waals surface area contributed by atoms with Gasteiger partial charge in [0.1, 0.15) is 12.6 Å². The summed E-state index contributed by atoms with van der Waals surface area (Å²) < 4.78 is 0. The van der Waals surface area contributed by atoms with Gasteiger partial charge in [-0.2, -0.15) is 0 Å². The summed E-state index contributed by atoms with van der Waals surface area (Å²) in [6.45, 7) is 3.65. The van der Waals surface area contributed by atoms with Crippen molar-refractivity contribution in [3.05, 3.63) is 29.8 Å². The molecular formula is C14H20N2O4. The van der Waals surface area contributed by atoms with Crippen LogP contribution in [-0.2, 0) is 9.59 Å². The minimum absolute atomic E-state index is 0.205. The highest BCUT2D eigenvalue weighted by Crippen LogP contribution is 2.09. The molecule has 6 nitrogen and oxygen atoms in total. The highest BCUT2D eigenvalue weighted by atomic mass is 16.4. The van der Waals surface area contributed by atoms with E-state index in [9.17, 15) is 14.7 Å². The number of hydrogen-bond acceptors (Lipinski definition) is 4. The molecule has 2 atom stereocenters. The van der Waals surface area contributed by atoms with E-state index in [-0.39, 0.29) is 13.0 Å². The molecule has 0 aromatic heterocycles. The predicted molar refractivity (Wildman–Crippen MR) is 71.7 cm³/mol. The fourth-order valence-electron chi connectivity index (χ4n) is 1.76. The Labute approximate surface area is 117 Å². The monoisotopic (exact) mass is 280 g/mol. The second-order valence-corrected chi connectivity index (χ2v) is 4.87. The molecular weight excluding hydrogens is 260 g/mol. The van der Waals surface area contributed by atoms with Crippen LogP contribution in [0.1, 0.15) is 18.9 Å². The Morgan fingerprint density at radius 3 is 2.70 bits per heavy atom. The standard InChI is InChI=1S/C14H20N2O4/c1-9-4-3-5-11(6-9)16-13(18)7-12(14(19)20)15-8-10(2)17/h3-6,10,12,15,17H,7-8H2,1-2H3,(H,16,18)(H,19,20)/t10-,12-/m0/s1. The molecule has 0 saturated carbocycles. The van der Waals surface area contributed by atoms with Gasteiger partial charge in [0.25, 0.3) is 0 Å². The van der Waals surface area contributed by atoms with Gasteiger partial charge in [-0.3, -0.25) is 4.79 Å². The summed E-state index contributed by atoms with van der Waals surface area (Å²) in [5.74, 6) is -1.71. The van der Waals surface area contributed by atoms with Crippen molar-refractivity contribution in [3.8, 4) is 0 Å². The van der Waals surface area contributed by atoms with Crippen LogP contribution in [0, 0.1) is 6.92 Å². The first-order valence-electron chi connectivity index (χ1n) is 6.47. The molecule has 4 N–H and O–H groups in total. The Kier molecular flexibility index (Phi) is 6.14. The lowest BCUT2D eigenvalue weighted by molar-refractivity contribution is -0.687. The molecule has 0 aliphatic rings. The van der Waals surface area contributed by atoms with Crippen LogP contribution in [0.2, 0.25) is 0 Å². The van der Waals surface area contributed by atoms with Crippen molar-refractivity contribution in [2.75, 3.05) is 11.9 Å². The number of aliphatic hydroxyl groups is 1.